The first-order valence-corrected chi connectivity index (χ1v) is 6.16. The minimum atomic E-state index is -0.515. The van der Waals surface area contributed by atoms with Gasteiger partial charge in [-0.25, -0.2) is 9.48 Å². The molecule has 0 fully saturated rings. The number of aromatic nitrogens is 2. The van der Waals surface area contributed by atoms with Crippen molar-refractivity contribution in [1.82, 2.24) is 9.78 Å². The maximum absolute atomic E-state index is 11.7. The summed E-state index contributed by atoms with van der Waals surface area (Å²) in [5.41, 5.74) is 7.28. The van der Waals surface area contributed by atoms with E-state index in [1.54, 1.807) is 31.2 Å². The zero-order valence-corrected chi connectivity index (χ0v) is 11.3. The van der Waals surface area contributed by atoms with Crippen molar-refractivity contribution < 1.29 is 14.3 Å². The lowest BCUT2D eigenvalue weighted by Gasteiger charge is -2.06. The Morgan fingerprint density at radius 1 is 1.40 bits per heavy atom. The summed E-state index contributed by atoms with van der Waals surface area (Å²) in [5, 5.41) is 4.07. The minimum Gasteiger partial charge on any atom is -0.462 e. The van der Waals surface area contributed by atoms with Gasteiger partial charge in [0.15, 0.2) is 5.78 Å². The number of Topliss-reactive ketones (excluding diaryl/α,β-unsaturated/α-hetero) is 1. The summed E-state index contributed by atoms with van der Waals surface area (Å²) < 4.78 is 6.30. The van der Waals surface area contributed by atoms with Gasteiger partial charge in [-0.15, -0.1) is 0 Å². The van der Waals surface area contributed by atoms with Crippen LogP contribution in [0, 0.1) is 0 Å². The highest BCUT2D eigenvalue weighted by Crippen LogP contribution is 2.19. The fourth-order valence-corrected chi connectivity index (χ4v) is 1.79. The highest BCUT2D eigenvalue weighted by molar-refractivity contribution is 5.95. The highest BCUT2D eigenvalue weighted by atomic mass is 16.5. The highest BCUT2D eigenvalue weighted by Gasteiger charge is 2.17. The molecule has 0 radical (unpaired) electrons. The number of carbonyl (C=O) groups is 2. The Morgan fingerprint density at radius 3 is 2.80 bits per heavy atom. The van der Waals surface area contributed by atoms with Gasteiger partial charge in [-0.2, -0.15) is 5.10 Å². The SMILES string of the molecule is CCOC(=O)c1cnn(-c2cccc(C(C)=O)c2)c1N. The largest absolute Gasteiger partial charge is 0.462 e. The molecule has 0 aliphatic rings. The average molecular weight is 273 g/mol. The smallest absolute Gasteiger partial charge is 0.343 e. The maximum atomic E-state index is 11.7. The number of rotatable bonds is 4. The zero-order valence-electron chi connectivity index (χ0n) is 11.3. The van der Waals surface area contributed by atoms with Crippen molar-refractivity contribution in [3.05, 3.63) is 41.6 Å². The summed E-state index contributed by atoms with van der Waals surface area (Å²) in [5.74, 6) is -0.383. The molecular weight excluding hydrogens is 258 g/mol. The van der Waals surface area contributed by atoms with E-state index in [4.69, 9.17) is 10.5 Å². The van der Waals surface area contributed by atoms with Gasteiger partial charge in [-0.05, 0) is 26.0 Å². The Bertz CT molecular complexity index is 661. The van der Waals surface area contributed by atoms with Crippen molar-refractivity contribution >= 4 is 17.6 Å². The number of nitrogen functional groups attached to an aromatic ring is 1. The third-order valence-corrected chi connectivity index (χ3v) is 2.80. The van der Waals surface area contributed by atoms with Crippen LogP contribution in [0.2, 0.25) is 0 Å². The van der Waals surface area contributed by atoms with Crippen LogP contribution < -0.4 is 5.73 Å². The molecular formula is C14H15N3O3. The van der Waals surface area contributed by atoms with Crippen LogP contribution in [0.15, 0.2) is 30.5 Å². The third kappa shape index (κ3) is 2.54. The molecule has 104 valence electrons. The van der Waals surface area contributed by atoms with Crippen LogP contribution in [-0.2, 0) is 4.74 Å². The third-order valence-electron chi connectivity index (χ3n) is 2.80. The minimum absolute atomic E-state index is 0.0526. The van der Waals surface area contributed by atoms with Gasteiger partial charge in [0.05, 0.1) is 18.5 Å². The van der Waals surface area contributed by atoms with E-state index in [1.165, 1.54) is 17.8 Å². The first-order chi connectivity index (χ1) is 9.54. The number of anilines is 1. The fourth-order valence-electron chi connectivity index (χ4n) is 1.79. The standard InChI is InChI=1S/C14H15N3O3/c1-3-20-14(19)12-8-16-17(13(12)15)11-6-4-5-10(7-11)9(2)18/h4-8H,3,15H2,1-2H3. The normalized spacial score (nSPS) is 10.3. The summed E-state index contributed by atoms with van der Waals surface area (Å²) in [6.45, 7) is 3.47. The summed E-state index contributed by atoms with van der Waals surface area (Å²) in [6, 6.07) is 6.86. The van der Waals surface area contributed by atoms with Crippen LogP contribution in [0.25, 0.3) is 5.69 Å². The molecule has 1 heterocycles. The predicted molar refractivity (Wildman–Crippen MR) is 73.9 cm³/mol. The molecule has 0 aliphatic carbocycles. The van der Waals surface area contributed by atoms with Crippen LogP contribution in [0.4, 0.5) is 5.82 Å². The van der Waals surface area contributed by atoms with E-state index in [9.17, 15) is 9.59 Å². The van der Waals surface area contributed by atoms with Crippen LogP contribution >= 0.6 is 0 Å². The molecule has 0 bridgehead atoms. The first-order valence-electron chi connectivity index (χ1n) is 6.16. The molecule has 2 N–H and O–H groups in total. The molecule has 6 heteroatoms. The Kier molecular flexibility index (Phi) is 3.84. The number of nitrogens with zero attached hydrogens (tertiary/aromatic N) is 2. The number of hydrogen-bond donors (Lipinski definition) is 1. The predicted octanol–water partition coefficient (Wildman–Crippen LogP) is 1.83. The van der Waals surface area contributed by atoms with Gasteiger partial charge in [0.1, 0.15) is 11.4 Å². The molecule has 1 aromatic heterocycles. The second-order valence-corrected chi connectivity index (χ2v) is 4.18. The van der Waals surface area contributed by atoms with E-state index >= 15 is 0 Å². The van der Waals surface area contributed by atoms with Gasteiger partial charge in [0.2, 0.25) is 0 Å². The molecule has 0 atom stereocenters. The van der Waals surface area contributed by atoms with E-state index in [0.717, 1.165) is 0 Å². The van der Waals surface area contributed by atoms with Crippen molar-refractivity contribution in [2.24, 2.45) is 0 Å². The fraction of sp³-hybridized carbons (Fsp3) is 0.214. The quantitative estimate of drug-likeness (QED) is 0.678. The van der Waals surface area contributed by atoms with E-state index < -0.39 is 5.97 Å². The number of ether oxygens (including phenoxy) is 1. The van der Waals surface area contributed by atoms with Gasteiger partial charge in [0.25, 0.3) is 0 Å². The van der Waals surface area contributed by atoms with E-state index in [0.29, 0.717) is 11.3 Å². The van der Waals surface area contributed by atoms with E-state index in [-0.39, 0.29) is 23.8 Å². The lowest BCUT2D eigenvalue weighted by Crippen LogP contribution is -2.09. The Hall–Kier alpha value is -2.63. The van der Waals surface area contributed by atoms with Crippen molar-refractivity contribution in [2.45, 2.75) is 13.8 Å². The number of esters is 1. The summed E-state index contributed by atoms with van der Waals surface area (Å²) in [7, 11) is 0. The van der Waals surface area contributed by atoms with Crippen LogP contribution in [0.1, 0.15) is 34.6 Å². The second kappa shape index (κ2) is 5.56. The Labute approximate surface area is 116 Å². The lowest BCUT2D eigenvalue weighted by molar-refractivity contribution is 0.0527. The molecule has 6 nitrogen and oxygen atoms in total. The summed E-state index contributed by atoms with van der Waals surface area (Å²) in [4.78, 5) is 23.1. The van der Waals surface area contributed by atoms with Crippen molar-refractivity contribution in [3.8, 4) is 5.69 Å². The average Bonchev–Trinajstić information content (AvgIpc) is 2.81. The molecule has 1 aromatic carbocycles. The van der Waals surface area contributed by atoms with Gasteiger partial charge < -0.3 is 10.5 Å². The number of nitrogens with two attached hydrogens (primary N) is 1. The van der Waals surface area contributed by atoms with Gasteiger partial charge >= 0.3 is 5.97 Å². The monoisotopic (exact) mass is 273 g/mol. The molecule has 0 aliphatic heterocycles. The van der Waals surface area contributed by atoms with Crippen molar-refractivity contribution in [3.63, 3.8) is 0 Å². The first kappa shape index (κ1) is 13.8. The molecule has 0 saturated carbocycles. The topological polar surface area (TPSA) is 87.2 Å². The Morgan fingerprint density at radius 2 is 2.15 bits per heavy atom. The summed E-state index contributed by atoms with van der Waals surface area (Å²) >= 11 is 0. The molecule has 0 unspecified atom stereocenters. The molecule has 0 saturated heterocycles. The zero-order chi connectivity index (χ0) is 14.7. The number of ketones is 1. The van der Waals surface area contributed by atoms with Crippen LogP contribution in [-0.4, -0.2) is 28.1 Å². The van der Waals surface area contributed by atoms with Gasteiger partial charge in [0, 0.05) is 5.56 Å². The van der Waals surface area contributed by atoms with Gasteiger partial charge in [-0.1, -0.05) is 12.1 Å². The molecule has 0 spiro atoms. The molecule has 0 amide bonds. The van der Waals surface area contributed by atoms with Crippen LogP contribution in [0.3, 0.4) is 0 Å². The summed E-state index contributed by atoms with van der Waals surface area (Å²) in [6.07, 6.45) is 1.35. The molecule has 2 aromatic rings. The van der Waals surface area contributed by atoms with E-state index in [1.807, 2.05) is 0 Å². The second-order valence-electron chi connectivity index (χ2n) is 4.18. The number of hydrogen-bond acceptors (Lipinski definition) is 5. The lowest BCUT2D eigenvalue weighted by atomic mass is 10.1. The number of benzene rings is 1. The van der Waals surface area contributed by atoms with Crippen molar-refractivity contribution in [1.29, 1.82) is 0 Å². The Balaban J connectivity index is 2.42. The molecule has 2 rings (SSSR count). The van der Waals surface area contributed by atoms with E-state index in [2.05, 4.69) is 5.10 Å². The number of carbonyl (C=O) groups excluding carboxylic acids is 2. The maximum Gasteiger partial charge on any atom is 0.343 e. The molecule has 20 heavy (non-hydrogen) atoms. The van der Waals surface area contributed by atoms with Gasteiger partial charge in [-0.3, -0.25) is 4.79 Å². The van der Waals surface area contributed by atoms with Crippen LogP contribution in [0.5, 0.6) is 0 Å². The van der Waals surface area contributed by atoms with Crippen molar-refractivity contribution in [2.75, 3.05) is 12.3 Å².